The topological polar surface area (TPSA) is 69.8 Å². The second-order valence-corrected chi connectivity index (χ2v) is 5.07. The van der Waals surface area contributed by atoms with E-state index in [4.69, 9.17) is 0 Å². The van der Waals surface area contributed by atoms with Crippen LogP contribution in [0.3, 0.4) is 0 Å². The van der Waals surface area contributed by atoms with E-state index in [-0.39, 0.29) is 5.91 Å². The number of fused-ring (bicyclic) bond motifs is 1. The standard InChI is InChI=1S/C15H18N4O/c1-2-3-13-7-14(19-18-13)17-15(20)10-4-5-11-8-16-9-12(11)6-10/h4-7,16H,2-3,8-9H2,1H3,(H2,17,18,19,20). The molecule has 104 valence electrons. The van der Waals surface area contributed by atoms with Gasteiger partial charge in [0.15, 0.2) is 5.82 Å². The van der Waals surface area contributed by atoms with Gasteiger partial charge in [-0.1, -0.05) is 19.4 Å². The average Bonchev–Trinajstić information content (AvgIpc) is 3.07. The van der Waals surface area contributed by atoms with Gasteiger partial charge in [-0.2, -0.15) is 5.10 Å². The van der Waals surface area contributed by atoms with Gasteiger partial charge in [-0.25, -0.2) is 0 Å². The minimum Gasteiger partial charge on any atom is -0.309 e. The van der Waals surface area contributed by atoms with Crippen LogP contribution in [0.2, 0.25) is 0 Å². The molecule has 1 aromatic carbocycles. The molecular formula is C15H18N4O. The first-order chi connectivity index (χ1) is 9.76. The third-order valence-electron chi connectivity index (χ3n) is 3.49. The van der Waals surface area contributed by atoms with Crippen LogP contribution in [-0.4, -0.2) is 16.1 Å². The molecule has 0 unspecified atom stereocenters. The van der Waals surface area contributed by atoms with Gasteiger partial charge in [0.05, 0.1) is 0 Å². The third kappa shape index (κ3) is 2.58. The lowest BCUT2D eigenvalue weighted by Crippen LogP contribution is -2.12. The van der Waals surface area contributed by atoms with Gasteiger partial charge in [0.1, 0.15) is 0 Å². The maximum atomic E-state index is 12.2. The zero-order valence-corrected chi connectivity index (χ0v) is 11.5. The van der Waals surface area contributed by atoms with Gasteiger partial charge in [-0.3, -0.25) is 9.89 Å². The number of aryl methyl sites for hydroxylation is 1. The maximum absolute atomic E-state index is 12.2. The van der Waals surface area contributed by atoms with Gasteiger partial charge in [-0.05, 0) is 29.7 Å². The number of amides is 1. The Balaban J connectivity index is 1.72. The fraction of sp³-hybridized carbons (Fsp3) is 0.333. The van der Waals surface area contributed by atoms with Crippen LogP contribution in [0.25, 0.3) is 0 Å². The van der Waals surface area contributed by atoms with Crippen molar-refractivity contribution < 1.29 is 4.79 Å². The number of rotatable bonds is 4. The second-order valence-electron chi connectivity index (χ2n) is 5.07. The Labute approximate surface area is 117 Å². The summed E-state index contributed by atoms with van der Waals surface area (Å²) in [6, 6.07) is 7.71. The minimum absolute atomic E-state index is 0.116. The molecule has 5 heteroatoms. The van der Waals surface area contributed by atoms with Gasteiger partial charge in [-0.15, -0.1) is 0 Å². The molecule has 0 saturated carbocycles. The molecule has 0 saturated heterocycles. The van der Waals surface area contributed by atoms with Crippen LogP contribution in [0.5, 0.6) is 0 Å². The van der Waals surface area contributed by atoms with Gasteiger partial charge in [0, 0.05) is 30.4 Å². The maximum Gasteiger partial charge on any atom is 0.256 e. The molecule has 0 fully saturated rings. The number of carbonyl (C=O) groups is 1. The van der Waals surface area contributed by atoms with Crippen molar-refractivity contribution in [2.75, 3.05) is 5.32 Å². The molecule has 20 heavy (non-hydrogen) atoms. The van der Waals surface area contributed by atoms with Gasteiger partial charge in [0.25, 0.3) is 5.91 Å². The zero-order valence-electron chi connectivity index (χ0n) is 11.5. The van der Waals surface area contributed by atoms with Crippen molar-refractivity contribution in [1.82, 2.24) is 15.5 Å². The lowest BCUT2D eigenvalue weighted by Gasteiger charge is -2.04. The molecule has 2 heterocycles. The lowest BCUT2D eigenvalue weighted by atomic mass is 10.1. The highest BCUT2D eigenvalue weighted by molar-refractivity contribution is 6.03. The van der Waals surface area contributed by atoms with Gasteiger partial charge >= 0.3 is 0 Å². The van der Waals surface area contributed by atoms with Crippen molar-refractivity contribution >= 4 is 11.7 Å². The van der Waals surface area contributed by atoms with Crippen molar-refractivity contribution in [3.8, 4) is 0 Å². The fourth-order valence-corrected chi connectivity index (χ4v) is 2.45. The van der Waals surface area contributed by atoms with E-state index in [2.05, 4.69) is 27.8 Å². The summed E-state index contributed by atoms with van der Waals surface area (Å²) in [4.78, 5) is 12.2. The highest BCUT2D eigenvalue weighted by Gasteiger charge is 2.14. The summed E-state index contributed by atoms with van der Waals surface area (Å²) in [5.74, 6) is 0.464. The number of aromatic amines is 1. The summed E-state index contributed by atoms with van der Waals surface area (Å²) >= 11 is 0. The van der Waals surface area contributed by atoms with E-state index in [1.165, 1.54) is 11.1 Å². The van der Waals surface area contributed by atoms with Crippen LogP contribution in [0.1, 0.15) is 40.5 Å². The molecule has 5 nitrogen and oxygen atoms in total. The predicted molar refractivity (Wildman–Crippen MR) is 77.5 cm³/mol. The molecule has 1 amide bonds. The first kappa shape index (κ1) is 12.9. The van der Waals surface area contributed by atoms with Crippen molar-refractivity contribution in [1.29, 1.82) is 0 Å². The Morgan fingerprint density at radius 2 is 2.15 bits per heavy atom. The molecule has 0 atom stereocenters. The van der Waals surface area contributed by atoms with E-state index in [0.717, 1.165) is 31.6 Å². The van der Waals surface area contributed by atoms with E-state index >= 15 is 0 Å². The third-order valence-corrected chi connectivity index (χ3v) is 3.49. The smallest absolute Gasteiger partial charge is 0.256 e. The first-order valence-corrected chi connectivity index (χ1v) is 6.94. The number of benzene rings is 1. The monoisotopic (exact) mass is 270 g/mol. The molecular weight excluding hydrogens is 252 g/mol. The van der Waals surface area contributed by atoms with Crippen LogP contribution in [-0.2, 0) is 19.5 Å². The number of hydrogen-bond donors (Lipinski definition) is 3. The number of carbonyl (C=O) groups excluding carboxylic acids is 1. The molecule has 1 aromatic heterocycles. The molecule has 0 aliphatic carbocycles. The van der Waals surface area contributed by atoms with Gasteiger partial charge < -0.3 is 10.6 Å². The van der Waals surface area contributed by atoms with Gasteiger partial charge in [0.2, 0.25) is 0 Å². The lowest BCUT2D eigenvalue weighted by molar-refractivity contribution is 0.102. The molecule has 0 bridgehead atoms. The Morgan fingerprint density at radius 3 is 3.00 bits per heavy atom. The zero-order chi connectivity index (χ0) is 13.9. The highest BCUT2D eigenvalue weighted by Crippen LogP contribution is 2.18. The van der Waals surface area contributed by atoms with Crippen molar-refractivity contribution in [3.05, 3.63) is 46.6 Å². The Bertz CT molecular complexity index is 633. The number of H-pyrrole nitrogens is 1. The SMILES string of the molecule is CCCc1cc(NC(=O)c2ccc3c(c2)CNC3)n[nH]1. The van der Waals surface area contributed by atoms with E-state index in [1.54, 1.807) is 0 Å². The largest absolute Gasteiger partial charge is 0.309 e. The summed E-state index contributed by atoms with van der Waals surface area (Å²) in [6.07, 6.45) is 1.99. The predicted octanol–water partition coefficient (Wildman–Crippen LogP) is 2.22. The van der Waals surface area contributed by atoms with Crippen LogP contribution >= 0.6 is 0 Å². The normalized spacial score (nSPS) is 13.2. The van der Waals surface area contributed by atoms with Crippen LogP contribution in [0.4, 0.5) is 5.82 Å². The molecule has 1 aliphatic heterocycles. The van der Waals surface area contributed by atoms with Crippen LogP contribution < -0.4 is 10.6 Å². The summed E-state index contributed by atoms with van der Waals surface area (Å²) in [5.41, 5.74) is 4.19. The quantitative estimate of drug-likeness (QED) is 0.798. The summed E-state index contributed by atoms with van der Waals surface area (Å²) in [5, 5.41) is 13.1. The number of hydrogen-bond acceptors (Lipinski definition) is 3. The molecule has 0 radical (unpaired) electrons. The van der Waals surface area contributed by atoms with Crippen molar-refractivity contribution in [2.45, 2.75) is 32.9 Å². The number of aromatic nitrogens is 2. The molecule has 2 aromatic rings. The first-order valence-electron chi connectivity index (χ1n) is 6.94. The Kier molecular flexibility index (Phi) is 3.52. The van der Waals surface area contributed by atoms with Crippen LogP contribution in [0.15, 0.2) is 24.3 Å². The van der Waals surface area contributed by atoms with Crippen LogP contribution in [0, 0.1) is 0 Å². The Hall–Kier alpha value is -2.14. The second kappa shape index (κ2) is 5.46. The molecule has 0 spiro atoms. The van der Waals surface area contributed by atoms with E-state index in [0.29, 0.717) is 11.4 Å². The average molecular weight is 270 g/mol. The Morgan fingerprint density at radius 1 is 1.30 bits per heavy atom. The number of anilines is 1. The number of nitrogens with one attached hydrogen (secondary N) is 3. The molecule has 1 aliphatic rings. The minimum atomic E-state index is -0.116. The fourth-order valence-electron chi connectivity index (χ4n) is 2.45. The molecule has 3 rings (SSSR count). The summed E-state index contributed by atoms with van der Waals surface area (Å²) < 4.78 is 0. The van der Waals surface area contributed by atoms with E-state index < -0.39 is 0 Å². The van der Waals surface area contributed by atoms with E-state index in [9.17, 15) is 4.79 Å². The summed E-state index contributed by atoms with van der Waals surface area (Å²) in [7, 11) is 0. The highest BCUT2D eigenvalue weighted by atomic mass is 16.1. The molecule has 3 N–H and O–H groups in total. The van der Waals surface area contributed by atoms with Crippen molar-refractivity contribution in [3.63, 3.8) is 0 Å². The summed E-state index contributed by atoms with van der Waals surface area (Å²) in [6.45, 7) is 3.83. The number of nitrogens with zero attached hydrogens (tertiary/aromatic N) is 1. The van der Waals surface area contributed by atoms with E-state index in [1.807, 2.05) is 24.3 Å². The van der Waals surface area contributed by atoms with Crippen molar-refractivity contribution in [2.24, 2.45) is 0 Å².